The number of pyridine rings is 1. The van der Waals surface area contributed by atoms with Crippen LogP contribution in [-0.4, -0.2) is 66.0 Å². The summed E-state index contributed by atoms with van der Waals surface area (Å²) in [4.78, 5) is 32.7. The van der Waals surface area contributed by atoms with Crippen molar-refractivity contribution in [3.8, 4) is 11.1 Å². The topological polar surface area (TPSA) is 62.7 Å². The van der Waals surface area contributed by atoms with Crippen molar-refractivity contribution in [3.05, 3.63) is 54.4 Å². The van der Waals surface area contributed by atoms with Gasteiger partial charge in [0.25, 0.3) is 5.91 Å². The standard InChI is InChI=1S/C22H27N3O3/c1-4-20(26)25-12-13-28-22(16-25,21(27)24(2)3)14-17-7-9-18(10-8-17)19-6-5-11-23-15-19/h5-11,15H,4,12-14,16H2,1-3H3/t22-/m1/s1. The van der Waals surface area contributed by atoms with Gasteiger partial charge in [-0.25, -0.2) is 0 Å². The third-order valence-electron chi connectivity index (χ3n) is 5.08. The van der Waals surface area contributed by atoms with Crippen LogP contribution in [0.25, 0.3) is 11.1 Å². The monoisotopic (exact) mass is 381 g/mol. The predicted molar refractivity (Wildman–Crippen MR) is 108 cm³/mol. The first-order valence-electron chi connectivity index (χ1n) is 9.58. The van der Waals surface area contributed by atoms with Crippen molar-refractivity contribution < 1.29 is 14.3 Å². The highest BCUT2D eigenvalue weighted by atomic mass is 16.5. The molecule has 1 aromatic carbocycles. The summed E-state index contributed by atoms with van der Waals surface area (Å²) in [5.74, 6) is -0.0661. The molecule has 3 rings (SSSR count). The van der Waals surface area contributed by atoms with Gasteiger partial charge in [0, 0.05) is 45.9 Å². The second-order valence-electron chi connectivity index (χ2n) is 7.33. The number of aromatic nitrogens is 1. The van der Waals surface area contributed by atoms with Crippen molar-refractivity contribution >= 4 is 11.8 Å². The van der Waals surface area contributed by atoms with E-state index >= 15 is 0 Å². The average Bonchev–Trinajstić information content (AvgIpc) is 2.73. The summed E-state index contributed by atoms with van der Waals surface area (Å²) in [6.07, 6.45) is 4.42. The largest absolute Gasteiger partial charge is 0.361 e. The second kappa shape index (κ2) is 8.52. The fraction of sp³-hybridized carbons (Fsp3) is 0.409. The molecular formula is C22H27N3O3. The highest BCUT2D eigenvalue weighted by Crippen LogP contribution is 2.27. The first kappa shape index (κ1) is 20.0. The molecule has 1 aliphatic heterocycles. The van der Waals surface area contributed by atoms with Crippen LogP contribution in [0.15, 0.2) is 48.8 Å². The lowest BCUT2D eigenvalue weighted by Gasteiger charge is -2.42. The molecular weight excluding hydrogens is 354 g/mol. The van der Waals surface area contributed by atoms with Crippen molar-refractivity contribution in [2.24, 2.45) is 0 Å². The lowest BCUT2D eigenvalue weighted by Crippen LogP contribution is -2.61. The maximum Gasteiger partial charge on any atom is 0.256 e. The molecule has 0 unspecified atom stereocenters. The SMILES string of the molecule is CCC(=O)N1CCO[C@@](Cc2ccc(-c3cccnc3)cc2)(C(=O)N(C)C)C1. The molecule has 1 atom stereocenters. The fourth-order valence-corrected chi connectivity index (χ4v) is 3.62. The van der Waals surface area contributed by atoms with E-state index in [4.69, 9.17) is 4.74 Å². The Bertz CT molecular complexity index is 821. The molecule has 1 saturated heterocycles. The zero-order valence-corrected chi connectivity index (χ0v) is 16.7. The zero-order valence-electron chi connectivity index (χ0n) is 16.7. The van der Waals surface area contributed by atoms with Crippen LogP contribution in [0.2, 0.25) is 0 Å². The van der Waals surface area contributed by atoms with Crippen molar-refractivity contribution in [3.63, 3.8) is 0 Å². The molecule has 2 heterocycles. The second-order valence-corrected chi connectivity index (χ2v) is 7.33. The van der Waals surface area contributed by atoms with Crippen LogP contribution in [0.4, 0.5) is 0 Å². The molecule has 1 aromatic heterocycles. The van der Waals surface area contributed by atoms with Crippen LogP contribution in [0.1, 0.15) is 18.9 Å². The van der Waals surface area contributed by atoms with Gasteiger partial charge in [0.15, 0.2) is 5.60 Å². The van der Waals surface area contributed by atoms with E-state index in [0.717, 1.165) is 16.7 Å². The normalized spacial score (nSPS) is 19.3. The number of hydrogen-bond donors (Lipinski definition) is 0. The van der Waals surface area contributed by atoms with Gasteiger partial charge in [-0.05, 0) is 22.8 Å². The van der Waals surface area contributed by atoms with Crippen LogP contribution in [0.5, 0.6) is 0 Å². The molecule has 6 heteroatoms. The molecule has 28 heavy (non-hydrogen) atoms. The predicted octanol–water partition coefficient (Wildman–Crippen LogP) is 2.39. The first-order chi connectivity index (χ1) is 13.4. The van der Waals surface area contributed by atoms with Gasteiger partial charge in [0.1, 0.15) is 0 Å². The Balaban J connectivity index is 1.86. The Hall–Kier alpha value is -2.73. The van der Waals surface area contributed by atoms with Crippen LogP contribution in [0, 0.1) is 0 Å². The molecule has 1 fully saturated rings. The number of benzene rings is 1. The highest BCUT2D eigenvalue weighted by molar-refractivity contribution is 5.87. The lowest BCUT2D eigenvalue weighted by molar-refractivity contribution is -0.172. The molecule has 148 valence electrons. The van der Waals surface area contributed by atoms with Gasteiger partial charge < -0.3 is 14.5 Å². The van der Waals surface area contributed by atoms with E-state index in [2.05, 4.69) is 4.98 Å². The number of hydrogen-bond acceptors (Lipinski definition) is 4. The maximum absolute atomic E-state index is 13.0. The minimum atomic E-state index is -1.05. The summed E-state index contributed by atoms with van der Waals surface area (Å²) in [7, 11) is 3.44. The number of amides is 2. The number of morpholine rings is 1. The Morgan fingerprint density at radius 3 is 2.54 bits per heavy atom. The number of nitrogens with zero attached hydrogens (tertiary/aromatic N) is 3. The summed E-state index contributed by atoms with van der Waals surface area (Å²) in [6.45, 7) is 3.00. The Morgan fingerprint density at radius 1 is 1.18 bits per heavy atom. The van der Waals surface area contributed by atoms with Crippen LogP contribution < -0.4 is 0 Å². The van der Waals surface area contributed by atoms with Gasteiger partial charge in [-0.3, -0.25) is 14.6 Å². The van der Waals surface area contributed by atoms with Crippen molar-refractivity contribution in [1.82, 2.24) is 14.8 Å². The minimum absolute atomic E-state index is 0.0474. The highest BCUT2D eigenvalue weighted by Gasteiger charge is 2.45. The summed E-state index contributed by atoms with van der Waals surface area (Å²) in [6, 6.07) is 12.0. The van der Waals surface area contributed by atoms with E-state index in [1.54, 1.807) is 30.1 Å². The Morgan fingerprint density at radius 2 is 1.93 bits per heavy atom. The van der Waals surface area contributed by atoms with Gasteiger partial charge in [-0.1, -0.05) is 37.3 Å². The molecule has 6 nitrogen and oxygen atoms in total. The maximum atomic E-state index is 13.0. The molecule has 0 bridgehead atoms. The van der Waals surface area contributed by atoms with Crippen LogP contribution in [0.3, 0.4) is 0 Å². The summed E-state index contributed by atoms with van der Waals surface area (Å²) in [5, 5.41) is 0. The smallest absolute Gasteiger partial charge is 0.256 e. The average molecular weight is 381 g/mol. The Labute approximate surface area is 166 Å². The van der Waals surface area contributed by atoms with E-state index in [0.29, 0.717) is 26.0 Å². The number of ether oxygens (including phenoxy) is 1. The molecule has 2 amide bonds. The molecule has 0 radical (unpaired) electrons. The number of carbonyl (C=O) groups is 2. The Kier molecular flexibility index (Phi) is 6.09. The van der Waals surface area contributed by atoms with Gasteiger partial charge >= 0.3 is 0 Å². The molecule has 1 aliphatic rings. The van der Waals surface area contributed by atoms with E-state index in [-0.39, 0.29) is 18.4 Å². The van der Waals surface area contributed by atoms with Gasteiger partial charge in [0.05, 0.1) is 13.2 Å². The quantitative estimate of drug-likeness (QED) is 0.798. The zero-order chi connectivity index (χ0) is 20.1. The molecule has 0 N–H and O–H groups in total. The first-order valence-corrected chi connectivity index (χ1v) is 9.58. The summed E-state index contributed by atoms with van der Waals surface area (Å²) < 4.78 is 6.04. The third-order valence-corrected chi connectivity index (χ3v) is 5.08. The lowest BCUT2D eigenvalue weighted by atomic mass is 9.90. The van der Waals surface area contributed by atoms with Crippen LogP contribution in [-0.2, 0) is 20.7 Å². The molecule has 2 aromatic rings. The van der Waals surface area contributed by atoms with E-state index in [1.165, 1.54) is 0 Å². The van der Waals surface area contributed by atoms with E-state index in [9.17, 15) is 9.59 Å². The third kappa shape index (κ3) is 4.22. The van der Waals surface area contributed by atoms with Crippen molar-refractivity contribution in [1.29, 1.82) is 0 Å². The molecule has 0 saturated carbocycles. The fourth-order valence-electron chi connectivity index (χ4n) is 3.62. The number of likely N-dealkylation sites (N-methyl/N-ethyl adjacent to an activating group) is 1. The van der Waals surface area contributed by atoms with Gasteiger partial charge in [-0.15, -0.1) is 0 Å². The molecule has 0 spiro atoms. The van der Waals surface area contributed by atoms with Crippen molar-refractivity contribution in [2.75, 3.05) is 33.8 Å². The minimum Gasteiger partial charge on any atom is -0.361 e. The van der Waals surface area contributed by atoms with E-state index in [1.807, 2.05) is 49.5 Å². The van der Waals surface area contributed by atoms with Crippen molar-refractivity contribution in [2.45, 2.75) is 25.4 Å². The van der Waals surface area contributed by atoms with Gasteiger partial charge in [-0.2, -0.15) is 0 Å². The van der Waals surface area contributed by atoms with Crippen LogP contribution >= 0.6 is 0 Å². The summed E-state index contributed by atoms with van der Waals surface area (Å²) in [5.41, 5.74) is 2.05. The van der Waals surface area contributed by atoms with E-state index < -0.39 is 5.60 Å². The number of rotatable bonds is 5. The van der Waals surface area contributed by atoms with Gasteiger partial charge in [0.2, 0.25) is 5.91 Å². The number of carbonyl (C=O) groups excluding carboxylic acids is 2. The summed E-state index contributed by atoms with van der Waals surface area (Å²) >= 11 is 0. The molecule has 0 aliphatic carbocycles.